The second kappa shape index (κ2) is 5.98. The van der Waals surface area contributed by atoms with Crippen molar-refractivity contribution in [3.8, 4) is 0 Å². The third kappa shape index (κ3) is 3.33. The summed E-state index contributed by atoms with van der Waals surface area (Å²) in [6.45, 7) is 3.32. The number of aliphatic carboxylic acids is 1. The molecule has 21 heavy (non-hydrogen) atoms. The Morgan fingerprint density at radius 2 is 2.00 bits per heavy atom. The highest BCUT2D eigenvalue weighted by molar-refractivity contribution is 7.29. The Morgan fingerprint density at radius 1 is 1.33 bits per heavy atom. The van der Waals surface area contributed by atoms with Crippen LogP contribution in [0.3, 0.4) is 0 Å². The molecule has 0 saturated carbocycles. The molecule has 1 amide bonds. The molecule has 0 aliphatic rings. The van der Waals surface area contributed by atoms with Gasteiger partial charge < -0.3 is 14.9 Å². The minimum atomic E-state index is -1.01. The predicted octanol–water partition coefficient (Wildman–Crippen LogP) is 2.36. The first-order valence-corrected chi connectivity index (χ1v) is 8.03. The zero-order valence-corrected chi connectivity index (χ0v) is 13.9. The maximum absolute atomic E-state index is 12.4. The molecular weight excluding hydrogens is 310 g/mol. The van der Waals surface area contributed by atoms with E-state index in [1.54, 1.807) is 19.9 Å². The highest BCUT2D eigenvalue weighted by Gasteiger charge is 2.24. The number of carboxylic acid groups (broad SMARTS) is 1. The largest absolute Gasteiger partial charge is 0.480 e. The number of carboxylic acids is 1. The normalized spacial score (nSPS) is 11.1. The van der Waals surface area contributed by atoms with E-state index >= 15 is 0 Å². The van der Waals surface area contributed by atoms with E-state index in [1.807, 2.05) is 19.0 Å². The molecular formula is C13H17N3O3S2. The summed E-state index contributed by atoms with van der Waals surface area (Å²) in [4.78, 5) is 32.4. The number of hydrogen-bond acceptors (Lipinski definition) is 6. The Kier molecular flexibility index (Phi) is 4.48. The predicted molar refractivity (Wildman–Crippen MR) is 85.6 cm³/mol. The fourth-order valence-corrected chi connectivity index (χ4v) is 3.89. The summed E-state index contributed by atoms with van der Waals surface area (Å²) in [6, 6.07) is 1.63. The molecule has 6 nitrogen and oxygen atoms in total. The van der Waals surface area contributed by atoms with Crippen molar-refractivity contribution in [3.63, 3.8) is 0 Å². The maximum Gasteiger partial charge on any atom is 0.323 e. The molecule has 0 radical (unpaired) electrons. The van der Waals surface area contributed by atoms with Crippen LogP contribution in [-0.4, -0.2) is 53.5 Å². The number of carbonyl (C=O) groups excluding carboxylic acids is 1. The van der Waals surface area contributed by atoms with Crippen LogP contribution in [0.1, 0.15) is 23.5 Å². The summed E-state index contributed by atoms with van der Waals surface area (Å²) in [7, 11) is 3.84. The van der Waals surface area contributed by atoms with Crippen LogP contribution in [0, 0.1) is 0 Å². The van der Waals surface area contributed by atoms with E-state index in [1.165, 1.54) is 27.6 Å². The Labute approximate surface area is 130 Å². The number of anilines is 1. The third-order valence-electron chi connectivity index (χ3n) is 2.86. The molecule has 2 rings (SSSR count). The number of thiophene rings is 1. The van der Waals surface area contributed by atoms with Gasteiger partial charge in [0.1, 0.15) is 11.4 Å². The van der Waals surface area contributed by atoms with Crippen molar-refractivity contribution >= 4 is 49.2 Å². The first-order chi connectivity index (χ1) is 9.79. The lowest BCUT2D eigenvalue weighted by Crippen LogP contribution is -2.40. The van der Waals surface area contributed by atoms with Gasteiger partial charge in [-0.1, -0.05) is 11.3 Å². The second-order valence-electron chi connectivity index (χ2n) is 5.09. The van der Waals surface area contributed by atoms with Gasteiger partial charge in [-0.3, -0.25) is 9.59 Å². The van der Waals surface area contributed by atoms with Gasteiger partial charge in [-0.05, 0) is 19.9 Å². The number of fused-ring (bicyclic) bond motifs is 1. The summed E-state index contributed by atoms with van der Waals surface area (Å²) in [5.74, 6) is -1.27. The molecule has 2 heterocycles. The van der Waals surface area contributed by atoms with Crippen LogP contribution in [0.2, 0.25) is 0 Å². The van der Waals surface area contributed by atoms with Crippen molar-refractivity contribution in [1.29, 1.82) is 0 Å². The van der Waals surface area contributed by atoms with Crippen LogP contribution in [0.5, 0.6) is 0 Å². The van der Waals surface area contributed by atoms with Gasteiger partial charge in [0.05, 0.1) is 9.58 Å². The average molecular weight is 327 g/mol. The van der Waals surface area contributed by atoms with Crippen LogP contribution in [-0.2, 0) is 4.79 Å². The lowest BCUT2D eigenvalue weighted by Gasteiger charge is -2.24. The van der Waals surface area contributed by atoms with Gasteiger partial charge in [0, 0.05) is 20.1 Å². The van der Waals surface area contributed by atoms with Gasteiger partial charge in [0.2, 0.25) is 0 Å². The summed E-state index contributed by atoms with van der Waals surface area (Å²) in [5.41, 5.74) is 0. The summed E-state index contributed by atoms with van der Waals surface area (Å²) in [6.07, 6.45) is 0. The Bertz CT molecular complexity index is 644. The molecule has 0 unspecified atom stereocenters. The number of thiazole rings is 1. The SMILES string of the molecule is CC(C)N(CC(=O)O)C(=O)c1cc2sc(N(C)C)nc2s1. The molecule has 0 aromatic carbocycles. The molecule has 0 atom stereocenters. The van der Waals surface area contributed by atoms with Crippen molar-refractivity contribution in [2.45, 2.75) is 19.9 Å². The number of aromatic nitrogens is 1. The fourth-order valence-electron chi connectivity index (χ4n) is 1.80. The van der Waals surface area contributed by atoms with E-state index in [0.29, 0.717) is 4.88 Å². The number of amides is 1. The molecule has 0 spiro atoms. The minimum Gasteiger partial charge on any atom is -0.480 e. The number of nitrogens with zero attached hydrogens (tertiary/aromatic N) is 3. The second-order valence-corrected chi connectivity index (χ2v) is 7.13. The lowest BCUT2D eigenvalue weighted by molar-refractivity contribution is -0.138. The molecule has 1 N–H and O–H groups in total. The molecule has 0 fully saturated rings. The molecule has 0 aliphatic carbocycles. The van der Waals surface area contributed by atoms with Gasteiger partial charge in [-0.2, -0.15) is 0 Å². The van der Waals surface area contributed by atoms with E-state index < -0.39 is 5.97 Å². The highest BCUT2D eigenvalue weighted by Crippen LogP contribution is 2.34. The third-order valence-corrected chi connectivity index (χ3v) is 5.18. The number of hydrogen-bond donors (Lipinski definition) is 1. The van der Waals surface area contributed by atoms with Gasteiger partial charge in [0.25, 0.3) is 5.91 Å². The van der Waals surface area contributed by atoms with E-state index in [2.05, 4.69) is 4.98 Å². The maximum atomic E-state index is 12.4. The summed E-state index contributed by atoms with van der Waals surface area (Å²) >= 11 is 2.82. The van der Waals surface area contributed by atoms with Crippen LogP contribution >= 0.6 is 22.7 Å². The van der Waals surface area contributed by atoms with Crippen molar-refractivity contribution in [2.24, 2.45) is 0 Å². The van der Waals surface area contributed by atoms with Crippen molar-refractivity contribution in [3.05, 3.63) is 10.9 Å². The van der Waals surface area contributed by atoms with Crippen molar-refractivity contribution in [2.75, 3.05) is 25.5 Å². The smallest absolute Gasteiger partial charge is 0.323 e. The van der Waals surface area contributed by atoms with Crippen LogP contribution in [0.15, 0.2) is 6.07 Å². The standard InChI is InChI=1S/C13H17N3O3S2/c1-7(2)16(6-10(17)18)12(19)9-5-8-11(20-9)14-13(21-8)15(3)4/h5,7H,6H2,1-4H3,(H,17,18). The quantitative estimate of drug-likeness (QED) is 0.912. The average Bonchev–Trinajstić information content (AvgIpc) is 2.92. The molecule has 8 heteroatoms. The molecule has 0 bridgehead atoms. The Morgan fingerprint density at radius 3 is 2.48 bits per heavy atom. The van der Waals surface area contributed by atoms with E-state index in [0.717, 1.165) is 14.7 Å². The molecule has 2 aromatic rings. The van der Waals surface area contributed by atoms with Gasteiger partial charge in [0.15, 0.2) is 5.13 Å². The fraction of sp³-hybridized carbons (Fsp3) is 0.462. The number of rotatable bonds is 5. The molecule has 0 saturated heterocycles. The zero-order valence-electron chi connectivity index (χ0n) is 12.3. The Balaban J connectivity index is 2.29. The topological polar surface area (TPSA) is 73.7 Å². The van der Waals surface area contributed by atoms with E-state index in [4.69, 9.17) is 5.11 Å². The first kappa shape index (κ1) is 15.7. The van der Waals surface area contributed by atoms with Gasteiger partial charge in [-0.15, -0.1) is 11.3 Å². The van der Waals surface area contributed by atoms with Crippen molar-refractivity contribution in [1.82, 2.24) is 9.88 Å². The number of carbonyl (C=O) groups is 2. The highest BCUT2D eigenvalue weighted by atomic mass is 32.1. The van der Waals surface area contributed by atoms with Gasteiger partial charge >= 0.3 is 5.97 Å². The monoisotopic (exact) mass is 327 g/mol. The zero-order chi connectivity index (χ0) is 15.7. The van der Waals surface area contributed by atoms with Crippen LogP contribution in [0.25, 0.3) is 9.53 Å². The van der Waals surface area contributed by atoms with Gasteiger partial charge in [-0.25, -0.2) is 4.98 Å². The van der Waals surface area contributed by atoms with E-state index in [9.17, 15) is 9.59 Å². The summed E-state index contributed by atoms with van der Waals surface area (Å²) < 4.78 is 0.950. The first-order valence-electron chi connectivity index (χ1n) is 6.40. The molecule has 2 aromatic heterocycles. The lowest BCUT2D eigenvalue weighted by atomic mass is 10.3. The van der Waals surface area contributed by atoms with Crippen molar-refractivity contribution < 1.29 is 14.7 Å². The van der Waals surface area contributed by atoms with Crippen LogP contribution in [0.4, 0.5) is 5.13 Å². The molecule has 0 aliphatic heterocycles. The van der Waals surface area contributed by atoms with Crippen LogP contribution < -0.4 is 4.90 Å². The molecule has 114 valence electrons. The van der Waals surface area contributed by atoms with E-state index in [-0.39, 0.29) is 18.5 Å². The summed E-state index contributed by atoms with van der Waals surface area (Å²) in [5, 5.41) is 9.81. The Hall–Kier alpha value is -1.67. The minimum absolute atomic E-state index is 0.168.